The van der Waals surface area contributed by atoms with Crippen LogP contribution in [0.2, 0.25) is 0 Å². The van der Waals surface area contributed by atoms with Crippen LogP contribution in [0.15, 0.2) is 47.1 Å². The molecule has 0 radical (unpaired) electrons. The number of fused-ring (bicyclic) bond motifs is 1. The van der Waals surface area contributed by atoms with Crippen LogP contribution in [0, 0.1) is 6.92 Å². The van der Waals surface area contributed by atoms with Gasteiger partial charge in [-0.3, -0.25) is 9.20 Å². The predicted octanol–water partition coefficient (Wildman–Crippen LogP) is 3.05. The topological polar surface area (TPSA) is 59.3 Å². The highest BCUT2D eigenvalue weighted by Crippen LogP contribution is 2.17. The molecule has 0 aliphatic heterocycles. The number of carbonyl (C=O) groups excluding carboxylic acids is 1. The van der Waals surface area contributed by atoms with Crippen molar-refractivity contribution in [2.45, 2.75) is 6.92 Å². The zero-order chi connectivity index (χ0) is 14.1. The summed E-state index contributed by atoms with van der Waals surface area (Å²) in [7, 11) is 0. The Morgan fingerprint density at radius 1 is 1.25 bits per heavy atom. The molecule has 6 heteroatoms. The lowest BCUT2D eigenvalue weighted by molar-refractivity contribution is 0.102. The number of pyridine rings is 1. The molecule has 0 saturated carbocycles. The zero-order valence-electron chi connectivity index (χ0n) is 10.7. The van der Waals surface area contributed by atoms with E-state index in [2.05, 4.69) is 31.4 Å². The highest BCUT2D eigenvalue weighted by molar-refractivity contribution is 9.10. The van der Waals surface area contributed by atoms with E-state index in [1.54, 1.807) is 18.3 Å². The highest BCUT2D eigenvalue weighted by atomic mass is 79.9. The van der Waals surface area contributed by atoms with Gasteiger partial charge in [0.1, 0.15) is 5.82 Å². The Kier molecular flexibility index (Phi) is 3.23. The van der Waals surface area contributed by atoms with Crippen molar-refractivity contribution in [1.82, 2.24) is 14.6 Å². The second-order valence-corrected chi connectivity index (χ2v) is 5.27. The fourth-order valence-corrected chi connectivity index (χ4v) is 2.32. The van der Waals surface area contributed by atoms with Gasteiger partial charge in [0, 0.05) is 21.9 Å². The highest BCUT2D eigenvalue weighted by Gasteiger charge is 2.09. The van der Waals surface area contributed by atoms with Gasteiger partial charge in [0.25, 0.3) is 5.91 Å². The summed E-state index contributed by atoms with van der Waals surface area (Å²) in [5, 5.41) is 10.8. The van der Waals surface area contributed by atoms with Crippen molar-refractivity contribution >= 4 is 33.2 Å². The number of amides is 1. The van der Waals surface area contributed by atoms with Gasteiger partial charge in [-0.25, -0.2) is 0 Å². The van der Waals surface area contributed by atoms with Crippen LogP contribution in [0.25, 0.3) is 5.65 Å². The Hall–Kier alpha value is -2.21. The number of hydrogen-bond donors (Lipinski definition) is 1. The first-order valence-electron chi connectivity index (χ1n) is 6.02. The first kappa shape index (κ1) is 12.8. The maximum absolute atomic E-state index is 12.2. The minimum atomic E-state index is -0.175. The summed E-state index contributed by atoms with van der Waals surface area (Å²) in [4.78, 5) is 12.2. The van der Waals surface area contributed by atoms with Crippen molar-refractivity contribution in [1.29, 1.82) is 0 Å². The molecule has 3 rings (SSSR count). The average molecular weight is 331 g/mol. The second kappa shape index (κ2) is 5.05. The number of carbonyl (C=O) groups is 1. The summed E-state index contributed by atoms with van der Waals surface area (Å²) in [5.74, 6) is 0.616. The van der Waals surface area contributed by atoms with Gasteiger partial charge >= 0.3 is 0 Å². The van der Waals surface area contributed by atoms with Crippen LogP contribution in [0.5, 0.6) is 0 Å². The number of nitrogens with zero attached hydrogens (tertiary/aromatic N) is 3. The van der Waals surface area contributed by atoms with Gasteiger partial charge in [0.05, 0.1) is 0 Å². The van der Waals surface area contributed by atoms with E-state index in [0.717, 1.165) is 16.0 Å². The molecular weight excluding hydrogens is 320 g/mol. The van der Waals surface area contributed by atoms with Crippen molar-refractivity contribution in [2.24, 2.45) is 0 Å². The molecule has 0 bridgehead atoms. The summed E-state index contributed by atoms with van der Waals surface area (Å²) in [5.41, 5.74) is 1.94. The molecule has 3 aromatic rings. The third kappa shape index (κ3) is 2.42. The van der Waals surface area contributed by atoms with Crippen LogP contribution >= 0.6 is 15.9 Å². The predicted molar refractivity (Wildman–Crippen MR) is 79.8 cm³/mol. The van der Waals surface area contributed by atoms with E-state index < -0.39 is 0 Å². The molecule has 0 saturated heterocycles. The van der Waals surface area contributed by atoms with Crippen molar-refractivity contribution < 1.29 is 4.79 Å². The normalized spacial score (nSPS) is 10.7. The van der Waals surface area contributed by atoms with Crippen LogP contribution in [-0.2, 0) is 0 Å². The fourth-order valence-electron chi connectivity index (χ4n) is 1.92. The molecule has 1 aromatic carbocycles. The van der Waals surface area contributed by atoms with Crippen LogP contribution in [0.1, 0.15) is 16.2 Å². The lowest BCUT2D eigenvalue weighted by Gasteiger charge is -2.06. The lowest BCUT2D eigenvalue weighted by Crippen LogP contribution is -2.12. The maximum Gasteiger partial charge on any atom is 0.255 e. The number of anilines is 1. The van der Waals surface area contributed by atoms with Gasteiger partial charge in [-0.2, -0.15) is 0 Å². The Balaban J connectivity index is 1.88. The van der Waals surface area contributed by atoms with E-state index in [9.17, 15) is 4.79 Å². The minimum absolute atomic E-state index is 0.175. The minimum Gasteiger partial charge on any atom is -0.322 e. The molecule has 0 aliphatic carbocycles. The molecular formula is C14H11BrN4O. The molecule has 1 N–H and O–H groups in total. The molecule has 5 nitrogen and oxygen atoms in total. The number of aromatic nitrogens is 3. The van der Waals surface area contributed by atoms with Gasteiger partial charge in [0.15, 0.2) is 5.65 Å². The largest absolute Gasteiger partial charge is 0.322 e. The van der Waals surface area contributed by atoms with Crippen molar-refractivity contribution in [2.75, 3.05) is 5.32 Å². The van der Waals surface area contributed by atoms with Gasteiger partial charge in [0.2, 0.25) is 0 Å². The zero-order valence-corrected chi connectivity index (χ0v) is 12.3. The summed E-state index contributed by atoms with van der Waals surface area (Å²) < 4.78 is 2.74. The maximum atomic E-state index is 12.2. The standard InChI is InChI=1S/C14H11BrN4O/c1-9-17-18-13-7-10(5-6-19(9)13)14(20)16-12-4-2-3-11(15)8-12/h2-8H,1H3,(H,16,20). The van der Waals surface area contributed by atoms with Gasteiger partial charge in [-0.15, -0.1) is 10.2 Å². The van der Waals surface area contributed by atoms with Crippen LogP contribution in [0.4, 0.5) is 5.69 Å². The smallest absolute Gasteiger partial charge is 0.255 e. The van der Waals surface area contributed by atoms with E-state index in [1.165, 1.54) is 0 Å². The molecule has 0 fully saturated rings. The van der Waals surface area contributed by atoms with E-state index in [-0.39, 0.29) is 5.91 Å². The average Bonchev–Trinajstić information content (AvgIpc) is 2.80. The Bertz CT molecular complexity index is 797. The number of aryl methyl sites for hydroxylation is 1. The molecule has 1 amide bonds. The van der Waals surface area contributed by atoms with Crippen molar-refractivity contribution in [3.05, 3.63) is 58.5 Å². The van der Waals surface area contributed by atoms with E-state index >= 15 is 0 Å². The SMILES string of the molecule is Cc1nnc2cc(C(=O)Nc3cccc(Br)c3)ccn12. The van der Waals surface area contributed by atoms with E-state index in [0.29, 0.717) is 11.2 Å². The summed E-state index contributed by atoms with van der Waals surface area (Å²) in [6, 6.07) is 10.9. The molecule has 0 spiro atoms. The molecule has 2 heterocycles. The van der Waals surface area contributed by atoms with E-state index in [1.807, 2.05) is 35.6 Å². The number of benzene rings is 1. The van der Waals surface area contributed by atoms with Crippen molar-refractivity contribution in [3.63, 3.8) is 0 Å². The van der Waals surface area contributed by atoms with Crippen LogP contribution in [0.3, 0.4) is 0 Å². The van der Waals surface area contributed by atoms with Crippen LogP contribution in [-0.4, -0.2) is 20.5 Å². The third-order valence-electron chi connectivity index (χ3n) is 2.93. The second-order valence-electron chi connectivity index (χ2n) is 4.36. The monoisotopic (exact) mass is 330 g/mol. The summed E-state index contributed by atoms with van der Waals surface area (Å²) in [6.45, 7) is 1.86. The molecule has 100 valence electrons. The lowest BCUT2D eigenvalue weighted by atomic mass is 10.2. The first-order chi connectivity index (χ1) is 9.63. The molecule has 0 unspecified atom stereocenters. The van der Waals surface area contributed by atoms with Gasteiger partial charge < -0.3 is 5.32 Å². The number of nitrogens with one attached hydrogen (secondary N) is 1. The molecule has 20 heavy (non-hydrogen) atoms. The first-order valence-corrected chi connectivity index (χ1v) is 6.81. The van der Waals surface area contributed by atoms with Gasteiger partial charge in [-0.1, -0.05) is 22.0 Å². The van der Waals surface area contributed by atoms with E-state index in [4.69, 9.17) is 0 Å². The molecule has 0 aliphatic rings. The van der Waals surface area contributed by atoms with Crippen LogP contribution < -0.4 is 5.32 Å². The summed E-state index contributed by atoms with van der Waals surface area (Å²) >= 11 is 3.37. The number of hydrogen-bond acceptors (Lipinski definition) is 3. The fraction of sp³-hybridized carbons (Fsp3) is 0.0714. The Morgan fingerprint density at radius 3 is 2.90 bits per heavy atom. The molecule has 0 atom stereocenters. The van der Waals surface area contributed by atoms with Gasteiger partial charge in [-0.05, 0) is 37.3 Å². The third-order valence-corrected chi connectivity index (χ3v) is 3.42. The van der Waals surface area contributed by atoms with Crippen molar-refractivity contribution in [3.8, 4) is 0 Å². The Labute approximate surface area is 123 Å². The quantitative estimate of drug-likeness (QED) is 0.785. The molecule has 2 aromatic heterocycles. The summed E-state index contributed by atoms with van der Waals surface area (Å²) in [6.07, 6.45) is 1.79. The number of halogens is 1. The number of rotatable bonds is 2. The Morgan fingerprint density at radius 2 is 2.10 bits per heavy atom.